The summed E-state index contributed by atoms with van der Waals surface area (Å²) in [5.41, 5.74) is 1.26. The molecule has 2 N–H and O–H groups in total. The summed E-state index contributed by atoms with van der Waals surface area (Å²) in [6.45, 7) is 6.20. The molecule has 0 bridgehead atoms. The first-order valence-corrected chi connectivity index (χ1v) is 11.7. The van der Waals surface area contributed by atoms with Crippen LogP contribution in [0.1, 0.15) is 66.6 Å². The second-order valence-electron chi connectivity index (χ2n) is 9.07. The molecule has 2 aliphatic carbocycles. The Labute approximate surface area is 177 Å². The van der Waals surface area contributed by atoms with Crippen LogP contribution in [-0.2, 0) is 16.4 Å². The molecule has 0 aliphatic heterocycles. The van der Waals surface area contributed by atoms with E-state index in [9.17, 15) is 13.2 Å². The SMILES string of the molecule is COc1ccc(C(=O)N[C@H]2CC(C)(C)Cc3oc(C)cc32)cc1S(=O)(=O)NC1CC1. The molecule has 0 spiro atoms. The molecule has 30 heavy (non-hydrogen) atoms. The predicted molar refractivity (Wildman–Crippen MR) is 112 cm³/mol. The summed E-state index contributed by atoms with van der Waals surface area (Å²) >= 11 is 0. The van der Waals surface area contributed by atoms with Crippen molar-refractivity contribution in [3.05, 3.63) is 46.9 Å². The third-order valence-electron chi connectivity index (χ3n) is 5.66. The van der Waals surface area contributed by atoms with Gasteiger partial charge in [-0.1, -0.05) is 13.8 Å². The number of ether oxygens (including phenoxy) is 1. The normalized spacial score (nSPS) is 20.5. The van der Waals surface area contributed by atoms with Gasteiger partial charge in [0.2, 0.25) is 10.0 Å². The minimum Gasteiger partial charge on any atom is -0.495 e. The fraction of sp³-hybridized carbons (Fsp3) is 0.500. The molecule has 4 rings (SSSR count). The first-order chi connectivity index (χ1) is 14.1. The number of carbonyl (C=O) groups excluding carboxylic acids is 1. The quantitative estimate of drug-likeness (QED) is 0.728. The van der Waals surface area contributed by atoms with E-state index < -0.39 is 10.0 Å². The van der Waals surface area contributed by atoms with Crippen molar-refractivity contribution in [1.29, 1.82) is 0 Å². The van der Waals surface area contributed by atoms with E-state index in [2.05, 4.69) is 23.9 Å². The molecule has 162 valence electrons. The number of furan rings is 1. The number of rotatable bonds is 6. The third-order valence-corrected chi connectivity index (χ3v) is 7.20. The number of carbonyl (C=O) groups is 1. The van der Waals surface area contributed by atoms with Crippen molar-refractivity contribution >= 4 is 15.9 Å². The summed E-state index contributed by atoms with van der Waals surface area (Å²) in [5, 5.41) is 3.07. The summed E-state index contributed by atoms with van der Waals surface area (Å²) in [5.74, 6) is 1.61. The van der Waals surface area contributed by atoms with E-state index in [1.807, 2.05) is 13.0 Å². The zero-order chi connectivity index (χ0) is 21.7. The summed E-state index contributed by atoms with van der Waals surface area (Å²) in [7, 11) is -2.35. The maximum absolute atomic E-state index is 13.1. The van der Waals surface area contributed by atoms with E-state index in [0.29, 0.717) is 0 Å². The monoisotopic (exact) mass is 432 g/mol. The average molecular weight is 433 g/mol. The Morgan fingerprint density at radius 3 is 2.63 bits per heavy atom. The Kier molecular flexibility index (Phi) is 5.18. The number of aryl methyl sites for hydroxylation is 1. The van der Waals surface area contributed by atoms with E-state index in [1.165, 1.54) is 19.2 Å². The van der Waals surface area contributed by atoms with Gasteiger partial charge in [-0.3, -0.25) is 4.79 Å². The molecule has 1 fully saturated rings. The van der Waals surface area contributed by atoms with E-state index in [1.54, 1.807) is 6.07 Å². The number of amides is 1. The highest BCUT2D eigenvalue weighted by atomic mass is 32.2. The largest absolute Gasteiger partial charge is 0.495 e. The molecule has 0 saturated heterocycles. The molecule has 0 unspecified atom stereocenters. The highest BCUT2D eigenvalue weighted by molar-refractivity contribution is 7.89. The van der Waals surface area contributed by atoms with Crippen LogP contribution in [0, 0.1) is 12.3 Å². The zero-order valence-corrected chi connectivity index (χ0v) is 18.6. The molecule has 1 aromatic heterocycles. The lowest BCUT2D eigenvalue weighted by Crippen LogP contribution is -2.36. The summed E-state index contributed by atoms with van der Waals surface area (Å²) < 4.78 is 39.2. The lowest BCUT2D eigenvalue weighted by molar-refractivity contribution is 0.0917. The van der Waals surface area contributed by atoms with E-state index in [-0.39, 0.29) is 39.6 Å². The molecule has 1 amide bonds. The third kappa shape index (κ3) is 4.25. The van der Waals surface area contributed by atoms with Gasteiger partial charge in [0.1, 0.15) is 22.2 Å². The Morgan fingerprint density at radius 2 is 1.97 bits per heavy atom. The van der Waals surface area contributed by atoms with Gasteiger partial charge in [-0.05, 0) is 55.9 Å². The topological polar surface area (TPSA) is 97.6 Å². The molecule has 1 atom stereocenters. The maximum atomic E-state index is 13.1. The van der Waals surface area contributed by atoms with Gasteiger partial charge >= 0.3 is 0 Å². The van der Waals surface area contributed by atoms with Crippen LogP contribution in [0.3, 0.4) is 0 Å². The van der Waals surface area contributed by atoms with Gasteiger partial charge in [0.25, 0.3) is 5.91 Å². The smallest absolute Gasteiger partial charge is 0.251 e. The fourth-order valence-corrected chi connectivity index (χ4v) is 5.57. The Balaban J connectivity index is 1.62. The molecular formula is C22H28N2O5S. The van der Waals surface area contributed by atoms with Gasteiger partial charge in [-0.15, -0.1) is 0 Å². The molecule has 0 radical (unpaired) electrons. The standard InChI is InChI=1S/C22H28N2O5S/c1-13-9-16-17(11-22(2,3)12-19(16)29-13)23-21(25)14-5-8-18(28-4)20(10-14)30(26,27)24-15-6-7-15/h5,8-10,15,17,24H,6-7,11-12H2,1-4H3,(H,23,25)/t17-/m0/s1. The van der Waals surface area contributed by atoms with Crippen molar-refractivity contribution in [2.24, 2.45) is 5.41 Å². The average Bonchev–Trinajstić information content (AvgIpc) is 3.38. The van der Waals surface area contributed by atoms with Gasteiger partial charge in [-0.2, -0.15) is 0 Å². The number of methoxy groups -OCH3 is 1. The van der Waals surface area contributed by atoms with Crippen LogP contribution in [0.15, 0.2) is 33.6 Å². The summed E-state index contributed by atoms with van der Waals surface area (Å²) in [6, 6.07) is 6.23. The lowest BCUT2D eigenvalue weighted by Gasteiger charge is -2.34. The number of hydrogen-bond donors (Lipinski definition) is 2. The minimum absolute atomic E-state index is 0.0160. The van der Waals surface area contributed by atoms with Gasteiger partial charge in [0, 0.05) is 23.6 Å². The van der Waals surface area contributed by atoms with Crippen LogP contribution < -0.4 is 14.8 Å². The number of nitrogens with one attached hydrogen (secondary N) is 2. The maximum Gasteiger partial charge on any atom is 0.251 e. The summed E-state index contributed by atoms with van der Waals surface area (Å²) in [6.07, 6.45) is 3.24. The highest BCUT2D eigenvalue weighted by Crippen LogP contribution is 2.42. The molecule has 2 aliphatic rings. The second kappa shape index (κ2) is 7.42. The van der Waals surface area contributed by atoms with Crippen molar-refractivity contribution in [2.45, 2.75) is 63.4 Å². The van der Waals surface area contributed by atoms with Crippen LogP contribution >= 0.6 is 0 Å². The number of sulfonamides is 1. The minimum atomic E-state index is -3.76. The van der Waals surface area contributed by atoms with Crippen molar-refractivity contribution in [2.75, 3.05) is 7.11 Å². The van der Waals surface area contributed by atoms with Crippen molar-refractivity contribution in [1.82, 2.24) is 10.0 Å². The van der Waals surface area contributed by atoms with Crippen LogP contribution in [0.5, 0.6) is 5.75 Å². The Bertz CT molecular complexity index is 1080. The number of fused-ring (bicyclic) bond motifs is 1. The van der Waals surface area contributed by atoms with Gasteiger partial charge < -0.3 is 14.5 Å². The van der Waals surface area contributed by atoms with E-state index >= 15 is 0 Å². The second-order valence-corrected chi connectivity index (χ2v) is 10.8. The Hall–Kier alpha value is -2.32. The van der Waals surface area contributed by atoms with Gasteiger partial charge in [0.15, 0.2) is 0 Å². The van der Waals surface area contributed by atoms with Crippen molar-refractivity contribution in [3.63, 3.8) is 0 Å². The molecule has 7 nitrogen and oxygen atoms in total. The van der Waals surface area contributed by atoms with Gasteiger partial charge in [-0.25, -0.2) is 13.1 Å². The van der Waals surface area contributed by atoms with Crippen molar-refractivity contribution < 1.29 is 22.4 Å². The van der Waals surface area contributed by atoms with Crippen LogP contribution in [0.25, 0.3) is 0 Å². The van der Waals surface area contributed by atoms with E-state index in [4.69, 9.17) is 9.15 Å². The highest BCUT2D eigenvalue weighted by Gasteiger charge is 2.36. The first kappa shape index (κ1) is 20.9. The van der Waals surface area contributed by atoms with E-state index in [0.717, 1.165) is 42.8 Å². The molecule has 2 aromatic rings. The zero-order valence-electron chi connectivity index (χ0n) is 17.7. The number of benzene rings is 1. The van der Waals surface area contributed by atoms with Crippen LogP contribution in [-0.4, -0.2) is 27.5 Å². The number of hydrogen-bond acceptors (Lipinski definition) is 5. The van der Waals surface area contributed by atoms with Crippen molar-refractivity contribution in [3.8, 4) is 5.75 Å². The Morgan fingerprint density at radius 1 is 1.23 bits per heavy atom. The molecular weight excluding hydrogens is 404 g/mol. The van der Waals surface area contributed by atoms with Crippen LogP contribution in [0.2, 0.25) is 0 Å². The molecule has 8 heteroatoms. The fourth-order valence-electron chi connectivity index (χ4n) is 4.07. The predicted octanol–water partition coefficient (Wildman–Crippen LogP) is 3.48. The molecule has 1 aromatic carbocycles. The lowest BCUT2D eigenvalue weighted by atomic mass is 9.74. The molecule has 1 heterocycles. The first-order valence-electron chi connectivity index (χ1n) is 10.2. The van der Waals surface area contributed by atoms with Gasteiger partial charge in [0.05, 0.1) is 13.2 Å². The van der Waals surface area contributed by atoms with Crippen LogP contribution in [0.4, 0.5) is 0 Å². The summed E-state index contributed by atoms with van der Waals surface area (Å²) in [4.78, 5) is 13.0. The molecule has 1 saturated carbocycles.